The predicted octanol–water partition coefficient (Wildman–Crippen LogP) is 11.7. The maximum Gasteiger partial charge on any atom is 0.412 e. The lowest BCUT2D eigenvalue weighted by molar-refractivity contribution is -0.384. The van der Waals surface area contributed by atoms with Crippen LogP contribution in [-0.4, -0.2) is 89.3 Å². The summed E-state index contributed by atoms with van der Waals surface area (Å²) in [4.78, 5) is 47.7. The van der Waals surface area contributed by atoms with Gasteiger partial charge in [-0.1, -0.05) is 102 Å². The average molecular weight is 1020 g/mol. The van der Waals surface area contributed by atoms with Crippen molar-refractivity contribution < 1.29 is 53.2 Å². The topological polar surface area (TPSA) is 201 Å². The first-order valence-electron chi connectivity index (χ1n) is 27.3. The number of oxime groups is 1. The van der Waals surface area contributed by atoms with E-state index >= 15 is 4.79 Å². The monoisotopic (exact) mass is 1020 g/mol. The van der Waals surface area contributed by atoms with Crippen LogP contribution in [0, 0.1) is 27.9 Å². The summed E-state index contributed by atoms with van der Waals surface area (Å²) in [5.74, 6) is -0.938. The van der Waals surface area contributed by atoms with E-state index in [-0.39, 0.29) is 69.0 Å². The largest absolute Gasteiger partial charge is 0.459 e. The van der Waals surface area contributed by atoms with Crippen molar-refractivity contribution in [3.8, 4) is 23.0 Å². The number of hydrogen-bond acceptors (Lipinski definition) is 13. The van der Waals surface area contributed by atoms with Gasteiger partial charge in [0, 0.05) is 61.9 Å². The number of allylic oxidation sites excluding steroid dienone is 1. The van der Waals surface area contributed by atoms with E-state index in [4.69, 9.17) is 33.7 Å². The number of nitrogens with one attached hydrogen (secondary N) is 1. The molecular weight excluding hydrogens is 945 g/mol. The third-order valence-corrected chi connectivity index (χ3v) is 14.9. The Balaban J connectivity index is 1.28. The summed E-state index contributed by atoms with van der Waals surface area (Å²) in [5, 5.41) is 39.4. The number of non-ortho nitro benzene ring substituents is 1. The number of aliphatic hydroxyl groups excluding tert-OH is 2. The number of ether oxygens (including phenoxy) is 5. The molecular formula is C58H78N4O12. The number of rotatable bonds is 31. The highest BCUT2D eigenvalue weighted by Gasteiger charge is 2.65. The lowest BCUT2D eigenvalue weighted by Crippen LogP contribution is -2.70. The Kier molecular flexibility index (Phi) is 21.2. The molecule has 2 amide bonds. The predicted molar refractivity (Wildman–Crippen MR) is 283 cm³/mol. The molecule has 2 aliphatic carbocycles. The average Bonchev–Trinajstić information content (AvgIpc) is 3.93. The van der Waals surface area contributed by atoms with Crippen LogP contribution in [0.25, 0.3) is 0 Å². The molecule has 3 aromatic carbocycles. The van der Waals surface area contributed by atoms with Crippen LogP contribution in [0.5, 0.6) is 23.0 Å². The Morgan fingerprint density at radius 2 is 1.57 bits per heavy atom. The fourth-order valence-electron chi connectivity index (χ4n) is 11.4. The number of carbonyl (C=O) groups is 2. The van der Waals surface area contributed by atoms with Gasteiger partial charge in [-0.2, -0.15) is 0 Å². The highest BCUT2D eigenvalue weighted by Crippen LogP contribution is 2.62. The lowest BCUT2D eigenvalue weighted by atomic mass is 9.55. The van der Waals surface area contributed by atoms with E-state index in [1.54, 1.807) is 42.5 Å². The zero-order valence-electron chi connectivity index (χ0n) is 43.5. The van der Waals surface area contributed by atoms with E-state index in [0.717, 1.165) is 56.1 Å². The van der Waals surface area contributed by atoms with Crippen LogP contribution in [0.4, 0.5) is 10.5 Å². The molecule has 6 unspecified atom stereocenters. The summed E-state index contributed by atoms with van der Waals surface area (Å²) in [6.45, 7) is 9.36. The van der Waals surface area contributed by atoms with Crippen molar-refractivity contribution >= 4 is 23.4 Å². The molecule has 0 bridgehead atoms. The van der Waals surface area contributed by atoms with Gasteiger partial charge in [-0.15, -0.1) is 6.58 Å². The van der Waals surface area contributed by atoms with Crippen molar-refractivity contribution in [2.75, 3.05) is 39.7 Å². The summed E-state index contributed by atoms with van der Waals surface area (Å²) in [6.07, 6.45) is 20.2. The minimum Gasteiger partial charge on any atom is -0.459 e. The molecule has 0 spiro atoms. The lowest BCUT2D eigenvalue weighted by Gasteiger charge is -2.60. The number of nitro benzene ring substituents is 1. The third kappa shape index (κ3) is 13.8. The highest BCUT2D eigenvalue weighted by molar-refractivity contribution is 6.03. The van der Waals surface area contributed by atoms with Crippen LogP contribution >= 0.6 is 0 Å². The van der Waals surface area contributed by atoms with Crippen LogP contribution in [0.2, 0.25) is 0 Å². The second-order valence-electron chi connectivity index (χ2n) is 20.0. The second-order valence-corrected chi connectivity index (χ2v) is 20.0. The molecule has 0 radical (unpaired) electrons. The zero-order valence-corrected chi connectivity index (χ0v) is 43.5. The van der Waals surface area contributed by atoms with Crippen molar-refractivity contribution in [1.82, 2.24) is 10.2 Å². The zero-order chi connectivity index (χ0) is 52.3. The van der Waals surface area contributed by atoms with Gasteiger partial charge < -0.3 is 49.0 Å². The molecule has 16 heteroatoms. The first-order chi connectivity index (χ1) is 36.2. The number of fused-ring (bicyclic) bond motifs is 3. The second kappa shape index (κ2) is 28.1. The molecule has 3 N–H and O–H groups in total. The molecule has 402 valence electrons. The Bertz CT molecular complexity index is 2390. The highest BCUT2D eigenvalue weighted by atomic mass is 16.7. The summed E-state index contributed by atoms with van der Waals surface area (Å²) in [6, 6.07) is 16.0. The number of nitrogens with zero attached hydrogens (tertiary/aromatic N) is 3. The Labute approximate surface area is 436 Å². The molecule has 7 rings (SSSR count). The number of carbonyl (C=O) groups excluding carboxylic acids is 2. The standard InChI is InChI=1S/C58H78N4O12/c1-4-7-8-9-10-11-12-13-14-17-30-59-57(66)73-45-27-29-50-48(37-45)54-46(21-16-19-33-64)42(20-15-18-32-63)35-47-49(60-72-39-41-22-25-44(26-23-41)62(67)68)38-53(58(74-50,55(47)54)71-34-6-3)61(31-5-2)56(65)43-24-28-51-52(36-43)70-40-69-51/h6,22-29,35-37,42,46,53-55,63-64H,3-5,7-21,30-34,38-40H2,1-2H3,(H,59,66). The minimum absolute atomic E-state index is 0.0193. The van der Waals surface area contributed by atoms with Crippen LogP contribution < -0.4 is 24.3 Å². The van der Waals surface area contributed by atoms with Crippen molar-refractivity contribution in [2.45, 2.75) is 154 Å². The van der Waals surface area contributed by atoms with Gasteiger partial charge in [0.1, 0.15) is 24.1 Å². The Morgan fingerprint density at radius 3 is 2.27 bits per heavy atom. The van der Waals surface area contributed by atoms with E-state index in [2.05, 4.69) is 24.9 Å². The molecule has 6 atom stereocenters. The maximum atomic E-state index is 15.2. The molecule has 3 aromatic rings. The van der Waals surface area contributed by atoms with Gasteiger partial charge in [0.05, 0.1) is 23.2 Å². The molecule has 2 heterocycles. The maximum absolute atomic E-state index is 15.2. The van der Waals surface area contributed by atoms with Gasteiger partial charge in [0.15, 0.2) is 11.5 Å². The van der Waals surface area contributed by atoms with Crippen molar-refractivity contribution in [1.29, 1.82) is 0 Å². The van der Waals surface area contributed by atoms with E-state index in [9.17, 15) is 25.1 Å². The normalized spacial score (nSPS) is 21.7. The van der Waals surface area contributed by atoms with Gasteiger partial charge in [0.2, 0.25) is 12.6 Å². The molecule has 4 aliphatic rings. The molecule has 1 fully saturated rings. The Morgan fingerprint density at radius 1 is 0.865 bits per heavy atom. The summed E-state index contributed by atoms with van der Waals surface area (Å²) < 4.78 is 31.9. The van der Waals surface area contributed by atoms with Crippen molar-refractivity contribution in [2.24, 2.45) is 22.9 Å². The molecule has 74 heavy (non-hydrogen) atoms. The number of benzene rings is 3. The summed E-state index contributed by atoms with van der Waals surface area (Å²) in [7, 11) is 0. The summed E-state index contributed by atoms with van der Waals surface area (Å²) >= 11 is 0. The quantitative estimate of drug-likeness (QED) is 0.0239. The number of unbranched alkanes of at least 4 members (excludes halogenated alkanes) is 11. The number of nitro groups is 1. The van der Waals surface area contributed by atoms with Crippen molar-refractivity contribution in [3.05, 3.63) is 112 Å². The number of hydrogen-bond donors (Lipinski definition) is 3. The minimum atomic E-state index is -1.52. The van der Waals surface area contributed by atoms with Gasteiger partial charge in [-0.25, -0.2) is 4.79 Å². The first-order valence-corrected chi connectivity index (χ1v) is 27.3. The fourth-order valence-corrected chi connectivity index (χ4v) is 11.4. The van der Waals surface area contributed by atoms with E-state index in [1.165, 1.54) is 57.1 Å². The third-order valence-electron chi connectivity index (χ3n) is 14.9. The van der Waals surface area contributed by atoms with Gasteiger partial charge in [-0.05, 0) is 110 Å². The molecule has 2 aliphatic heterocycles. The number of amides is 2. The Hall–Kier alpha value is -5.97. The fraction of sp³-hybridized carbons (Fsp3) is 0.569. The van der Waals surface area contributed by atoms with Crippen LogP contribution in [0.3, 0.4) is 0 Å². The van der Waals surface area contributed by atoms with Crippen LogP contribution in [0.15, 0.2) is 90.1 Å². The molecule has 0 saturated heterocycles. The molecule has 0 aromatic heterocycles. The van der Waals surface area contributed by atoms with E-state index in [1.807, 2.05) is 24.0 Å². The summed E-state index contributed by atoms with van der Waals surface area (Å²) in [5.41, 5.74) is 3.28. The van der Waals surface area contributed by atoms with Gasteiger partial charge in [0.25, 0.3) is 11.6 Å². The first kappa shape index (κ1) is 55.8. The molecule has 1 saturated carbocycles. The van der Waals surface area contributed by atoms with Crippen LogP contribution in [-0.2, 0) is 16.2 Å². The van der Waals surface area contributed by atoms with Gasteiger partial charge in [-0.3, -0.25) is 14.9 Å². The SMILES string of the molecule is C=CCOC12Oc3ccc(OC(=O)NCCCCCCCCCCCC)cc3C3C(CCCCO)C(CCCCO)C=C(C(=NOCc4ccc([N+](=O)[O-])cc4)CC1N(CCC)C(=O)c1ccc4c(c1)OCO4)C32. The number of aliphatic hydroxyl groups is 2. The van der Waals surface area contributed by atoms with Crippen LogP contribution in [0.1, 0.15) is 157 Å². The van der Waals surface area contributed by atoms with E-state index < -0.39 is 28.8 Å². The molecule has 16 nitrogen and oxygen atoms in total. The smallest absolute Gasteiger partial charge is 0.412 e. The van der Waals surface area contributed by atoms with Crippen molar-refractivity contribution in [3.63, 3.8) is 0 Å². The van der Waals surface area contributed by atoms with E-state index in [0.29, 0.717) is 72.2 Å². The van der Waals surface area contributed by atoms with Gasteiger partial charge >= 0.3 is 6.09 Å².